The molecular formula is C20H23BrO5. The number of hydrogen-bond acceptors (Lipinski definition) is 5. The van der Waals surface area contributed by atoms with Gasteiger partial charge in [0.1, 0.15) is 18.0 Å². The van der Waals surface area contributed by atoms with Crippen LogP contribution >= 0.6 is 15.9 Å². The van der Waals surface area contributed by atoms with Gasteiger partial charge in [0, 0.05) is 5.41 Å². The molecule has 0 amide bonds. The zero-order valence-corrected chi connectivity index (χ0v) is 16.3. The molecule has 2 saturated carbocycles. The van der Waals surface area contributed by atoms with Gasteiger partial charge in [-0.2, -0.15) is 0 Å². The smallest absolute Gasteiger partial charge is 0.293 e. The molecule has 6 heteroatoms. The molecule has 0 spiro atoms. The summed E-state index contributed by atoms with van der Waals surface area (Å²) in [5.41, 5.74) is 2.37. The van der Waals surface area contributed by atoms with Gasteiger partial charge in [-0.15, -0.1) is 0 Å². The number of rotatable bonds is 4. The summed E-state index contributed by atoms with van der Waals surface area (Å²) in [4.78, 5) is 22.0. The molecule has 140 valence electrons. The third-order valence-corrected chi connectivity index (χ3v) is 8.05. The summed E-state index contributed by atoms with van der Waals surface area (Å²) in [6.45, 7) is 3.14. The van der Waals surface area contributed by atoms with Gasteiger partial charge in [-0.3, -0.25) is 9.59 Å². The fourth-order valence-corrected chi connectivity index (χ4v) is 6.62. The molecule has 1 aromatic carbocycles. The molecule has 1 aromatic rings. The van der Waals surface area contributed by atoms with E-state index in [9.17, 15) is 14.7 Å². The van der Waals surface area contributed by atoms with Crippen LogP contribution in [0.2, 0.25) is 0 Å². The molecule has 5 nitrogen and oxygen atoms in total. The number of ether oxygens (including phenoxy) is 2. The standard InChI is InChI=1S/C20H23BrO5/c1-20-7-6-12-11-4-5-16(24)18(21)14(11)3-2-13(12)15(20)8-17(25-9-22)19(20)26-10-23/h4-5,9-10,12-13,15,17,19,24H,2-3,6-8H2,1H3/t12-,13-,15+,17-,19+,20+/m1/s1. The van der Waals surface area contributed by atoms with Gasteiger partial charge in [-0.1, -0.05) is 13.0 Å². The Bertz CT molecular complexity index is 735. The van der Waals surface area contributed by atoms with Crippen LogP contribution in [0.5, 0.6) is 5.75 Å². The van der Waals surface area contributed by atoms with Crippen LogP contribution in [0.3, 0.4) is 0 Å². The second-order valence-corrected chi connectivity index (χ2v) is 8.88. The van der Waals surface area contributed by atoms with E-state index in [1.165, 1.54) is 11.1 Å². The molecule has 0 unspecified atom stereocenters. The second kappa shape index (κ2) is 6.55. The molecule has 26 heavy (non-hydrogen) atoms. The number of phenols is 1. The molecule has 3 aliphatic carbocycles. The number of phenolic OH excluding ortho intramolecular Hbond substituents is 1. The lowest BCUT2D eigenvalue weighted by molar-refractivity contribution is -0.157. The average molecular weight is 423 g/mol. The maximum absolute atomic E-state index is 11.0. The van der Waals surface area contributed by atoms with Crippen LogP contribution in [-0.2, 0) is 25.5 Å². The van der Waals surface area contributed by atoms with Crippen molar-refractivity contribution in [2.75, 3.05) is 0 Å². The summed E-state index contributed by atoms with van der Waals surface area (Å²) in [6.07, 6.45) is 3.88. The number of hydrogen-bond donors (Lipinski definition) is 1. The topological polar surface area (TPSA) is 72.8 Å². The highest BCUT2D eigenvalue weighted by molar-refractivity contribution is 9.10. The monoisotopic (exact) mass is 422 g/mol. The van der Waals surface area contributed by atoms with Crippen LogP contribution in [-0.4, -0.2) is 30.3 Å². The quantitative estimate of drug-likeness (QED) is 0.748. The Labute approximate surface area is 161 Å². The van der Waals surface area contributed by atoms with Crippen LogP contribution in [0, 0.1) is 17.3 Å². The molecule has 0 aliphatic heterocycles. The highest BCUT2D eigenvalue weighted by atomic mass is 79.9. The maximum Gasteiger partial charge on any atom is 0.293 e. The Hall–Kier alpha value is -1.56. The van der Waals surface area contributed by atoms with Crippen LogP contribution in [0.1, 0.15) is 49.7 Å². The number of aromatic hydroxyl groups is 1. The van der Waals surface area contributed by atoms with E-state index in [4.69, 9.17) is 9.47 Å². The minimum atomic E-state index is -0.371. The SMILES string of the molecule is C[C@]12CC[C@@H]3c4ccc(O)c(Br)c4CC[C@H]3[C@@H]1C[C@@H](OC=O)[C@@H]2OC=O. The zero-order chi connectivity index (χ0) is 18.5. The predicted molar refractivity (Wildman–Crippen MR) is 97.7 cm³/mol. The van der Waals surface area contributed by atoms with Crippen molar-refractivity contribution in [1.82, 2.24) is 0 Å². The van der Waals surface area contributed by atoms with Crippen molar-refractivity contribution in [3.63, 3.8) is 0 Å². The Morgan fingerprint density at radius 1 is 1.23 bits per heavy atom. The van der Waals surface area contributed by atoms with Crippen molar-refractivity contribution in [3.05, 3.63) is 27.7 Å². The van der Waals surface area contributed by atoms with Crippen LogP contribution in [0.4, 0.5) is 0 Å². The number of halogens is 1. The second-order valence-electron chi connectivity index (χ2n) is 8.09. The lowest BCUT2D eigenvalue weighted by Crippen LogP contribution is -2.46. The van der Waals surface area contributed by atoms with Crippen LogP contribution < -0.4 is 0 Å². The lowest BCUT2D eigenvalue weighted by atomic mass is 9.55. The van der Waals surface area contributed by atoms with Crippen molar-refractivity contribution in [3.8, 4) is 5.75 Å². The van der Waals surface area contributed by atoms with Gasteiger partial charge < -0.3 is 14.6 Å². The third-order valence-electron chi connectivity index (χ3n) is 7.17. The van der Waals surface area contributed by atoms with E-state index in [-0.39, 0.29) is 17.6 Å². The van der Waals surface area contributed by atoms with Gasteiger partial charge >= 0.3 is 0 Å². The molecule has 0 aromatic heterocycles. The number of benzene rings is 1. The number of carbonyl (C=O) groups excluding carboxylic acids is 2. The molecular weight excluding hydrogens is 400 g/mol. The molecule has 1 N–H and O–H groups in total. The van der Waals surface area contributed by atoms with Crippen molar-refractivity contribution >= 4 is 28.9 Å². The minimum Gasteiger partial charge on any atom is -0.507 e. The van der Waals surface area contributed by atoms with Crippen molar-refractivity contribution in [1.29, 1.82) is 0 Å². The summed E-state index contributed by atoms with van der Waals surface area (Å²) in [5, 5.41) is 10.0. The number of fused-ring (bicyclic) bond motifs is 5. The van der Waals surface area contributed by atoms with Gasteiger partial charge in [-0.25, -0.2) is 0 Å². The van der Waals surface area contributed by atoms with Gasteiger partial charge in [0.2, 0.25) is 0 Å². The lowest BCUT2D eigenvalue weighted by Gasteiger charge is -2.50. The molecule has 3 aliphatic rings. The molecule has 0 heterocycles. The Balaban J connectivity index is 1.69. The summed E-state index contributed by atoms with van der Waals surface area (Å²) >= 11 is 3.54. The van der Waals surface area contributed by atoms with Crippen molar-refractivity contribution < 1.29 is 24.2 Å². The molecule has 4 rings (SSSR count). The molecule has 2 fully saturated rings. The molecule has 6 atom stereocenters. The number of carbonyl (C=O) groups is 2. The Kier molecular flexibility index (Phi) is 4.49. The highest BCUT2D eigenvalue weighted by Gasteiger charge is 2.60. The summed E-state index contributed by atoms with van der Waals surface area (Å²) in [5.74, 6) is 1.54. The maximum atomic E-state index is 11.0. The first-order chi connectivity index (χ1) is 12.5. The summed E-state index contributed by atoms with van der Waals surface area (Å²) in [6, 6.07) is 3.83. The Morgan fingerprint density at radius 2 is 2.00 bits per heavy atom. The van der Waals surface area contributed by atoms with Gasteiger partial charge in [0.05, 0.1) is 4.47 Å². The van der Waals surface area contributed by atoms with Crippen LogP contribution in [0.15, 0.2) is 16.6 Å². The van der Waals surface area contributed by atoms with Crippen LogP contribution in [0.25, 0.3) is 0 Å². The molecule has 0 saturated heterocycles. The fraction of sp³-hybridized carbons (Fsp3) is 0.600. The zero-order valence-electron chi connectivity index (χ0n) is 14.7. The van der Waals surface area contributed by atoms with Crippen molar-refractivity contribution in [2.24, 2.45) is 17.3 Å². The highest BCUT2D eigenvalue weighted by Crippen LogP contribution is 2.62. The average Bonchev–Trinajstić information content (AvgIpc) is 2.91. The van der Waals surface area contributed by atoms with Gasteiger partial charge in [0.25, 0.3) is 12.9 Å². The van der Waals surface area contributed by atoms with E-state index in [2.05, 4.69) is 28.9 Å². The third kappa shape index (κ3) is 2.48. The van der Waals surface area contributed by atoms with Gasteiger partial charge in [0.15, 0.2) is 0 Å². The molecule has 0 radical (unpaired) electrons. The normalized spacial score (nSPS) is 37.8. The van der Waals surface area contributed by atoms with E-state index < -0.39 is 0 Å². The van der Waals surface area contributed by atoms with Gasteiger partial charge in [-0.05, 0) is 83.0 Å². The van der Waals surface area contributed by atoms with E-state index in [1.54, 1.807) is 6.07 Å². The minimum absolute atomic E-state index is 0.165. The van der Waals surface area contributed by atoms with Crippen molar-refractivity contribution in [2.45, 2.75) is 57.2 Å². The van der Waals surface area contributed by atoms with E-state index >= 15 is 0 Å². The first-order valence-electron chi connectivity index (χ1n) is 9.19. The van der Waals surface area contributed by atoms with E-state index in [1.807, 2.05) is 0 Å². The summed E-state index contributed by atoms with van der Waals surface area (Å²) in [7, 11) is 0. The first kappa shape index (κ1) is 17.8. The first-order valence-corrected chi connectivity index (χ1v) is 9.99. The largest absolute Gasteiger partial charge is 0.507 e. The predicted octanol–water partition coefficient (Wildman–Crippen LogP) is 3.70. The summed E-state index contributed by atoms with van der Waals surface area (Å²) < 4.78 is 11.5. The molecule has 0 bridgehead atoms. The van der Waals surface area contributed by atoms with E-state index in [0.717, 1.165) is 36.6 Å². The fourth-order valence-electron chi connectivity index (χ4n) is 6.06. The van der Waals surface area contributed by atoms with E-state index in [0.29, 0.717) is 36.4 Å². The Morgan fingerprint density at radius 3 is 2.73 bits per heavy atom.